The lowest BCUT2D eigenvalue weighted by Crippen LogP contribution is -2.47. The van der Waals surface area contributed by atoms with Crippen LogP contribution in [0.4, 0.5) is 0 Å². The fraction of sp³-hybridized carbons (Fsp3) is 0.350. The average Bonchev–Trinajstić information content (AvgIpc) is 2.68. The monoisotopic (exact) mass is 387 g/mol. The third-order valence-electron chi connectivity index (χ3n) is 4.79. The van der Waals surface area contributed by atoms with Crippen molar-refractivity contribution in [3.8, 4) is 0 Å². The Labute approximate surface area is 160 Å². The van der Waals surface area contributed by atoms with E-state index in [4.69, 9.17) is 0 Å². The molecule has 0 atom stereocenters. The first-order valence-corrected chi connectivity index (χ1v) is 10.5. The van der Waals surface area contributed by atoms with Crippen LogP contribution < -0.4 is 4.72 Å². The molecule has 0 aliphatic carbocycles. The summed E-state index contributed by atoms with van der Waals surface area (Å²) in [5.74, 6) is -0.0559. The highest BCUT2D eigenvalue weighted by atomic mass is 32.2. The number of amides is 1. The Hall–Kier alpha value is -2.22. The van der Waals surface area contributed by atoms with E-state index < -0.39 is 10.0 Å². The maximum absolute atomic E-state index is 12.5. The van der Waals surface area contributed by atoms with Crippen LogP contribution in [0.25, 0.3) is 0 Å². The van der Waals surface area contributed by atoms with Crippen LogP contribution in [0.5, 0.6) is 0 Å². The topological polar surface area (TPSA) is 69.7 Å². The van der Waals surface area contributed by atoms with Gasteiger partial charge in [-0.1, -0.05) is 29.8 Å². The van der Waals surface area contributed by atoms with Gasteiger partial charge in [-0.2, -0.15) is 0 Å². The van der Waals surface area contributed by atoms with E-state index in [0.717, 1.165) is 24.2 Å². The Morgan fingerprint density at radius 1 is 0.963 bits per heavy atom. The van der Waals surface area contributed by atoms with Gasteiger partial charge in [-0.3, -0.25) is 4.79 Å². The second kappa shape index (κ2) is 8.21. The van der Waals surface area contributed by atoms with Gasteiger partial charge in [0, 0.05) is 38.3 Å². The number of likely N-dealkylation sites (N-methyl/N-ethyl adjacent to an activating group) is 1. The highest BCUT2D eigenvalue weighted by Crippen LogP contribution is 2.14. The number of carbonyl (C=O) groups is 1. The molecule has 6 nitrogen and oxygen atoms in total. The zero-order valence-corrected chi connectivity index (χ0v) is 16.5. The van der Waals surface area contributed by atoms with Crippen LogP contribution in [0, 0.1) is 6.92 Å². The smallest absolute Gasteiger partial charge is 0.253 e. The maximum atomic E-state index is 12.5. The quantitative estimate of drug-likeness (QED) is 0.850. The molecule has 7 heteroatoms. The molecule has 1 saturated heterocycles. The van der Waals surface area contributed by atoms with Crippen LogP contribution in [0.15, 0.2) is 53.4 Å². The van der Waals surface area contributed by atoms with Gasteiger partial charge in [0.1, 0.15) is 0 Å². The molecule has 1 N–H and O–H groups in total. The van der Waals surface area contributed by atoms with E-state index in [1.807, 2.05) is 38.2 Å². The summed E-state index contributed by atoms with van der Waals surface area (Å²) in [6.45, 7) is 5.28. The minimum atomic E-state index is -3.62. The molecule has 1 amide bonds. The molecule has 27 heavy (non-hydrogen) atoms. The first-order chi connectivity index (χ1) is 12.8. The van der Waals surface area contributed by atoms with E-state index >= 15 is 0 Å². The Morgan fingerprint density at radius 2 is 1.56 bits per heavy atom. The summed E-state index contributed by atoms with van der Waals surface area (Å²) < 4.78 is 27.6. The van der Waals surface area contributed by atoms with E-state index in [1.54, 1.807) is 17.0 Å². The van der Waals surface area contributed by atoms with Crippen molar-refractivity contribution in [3.63, 3.8) is 0 Å². The number of hydrogen-bond donors (Lipinski definition) is 1. The van der Waals surface area contributed by atoms with Crippen molar-refractivity contribution < 1.29 is 13.2 Å². The van der Waals surface area contributed by atoms with E-state index in [-0.39, 0.29) is 17.3 Å². The standard InChI is InChI=1S/C20H25N3O3S/c1-16-3-5-17(6-4-16)15-21-27(25,26)19-9-7-18(8-10-19)20(24)23-13-11-22(2)12-14-23/h3-10,21H,11-15H2,1-2H3. The Balaban J connectivity index is 1.64. The molecule has 1 aliphatic rings. The van der Waals surface area contributed by atoms with Crippen molar-refractivity contribution in [1.29, 1.82) is 0 Å². The van der Waals surface area contributed by atoms with Gasteiger partial charge in [0.05, 0.1) is 4.90 Å². The predicted octanol–water partition coefficient (Wildman–Crippen LogP) is 1.86. The normalized spacial score (nSPS) is 15.7. The predicted molar refractivity (Wildman–Crippen MR) is 105 cm³/mol. The Morgan fingerprint density at radius 3 is 2.15 bits per heavy atom. The molecule has 0 unspecified atom stereocenters. The molecule has 3 rings (SSSR count). The molecular formula is C20H25N3O3S. The average molecular weight is 388 g/mol. The highest BCUT2D eigenvalue weighted by Gasteiger charge is 2.21. The summed E-state index contributed by atoms with van der Waals surface area (Å²) in [5.41, 5.74) is 2.53. The molecule has 2 aromatic carbocycles. The van der Waals surface area contributed by atoms with Gasteiger partial charge in [0.25, 0.3) is 5.91 Å². The van der Waals surface area contributed by atoms with Gasteiger partial charge in [0.2, 0.25) is 10.0 Å². The van der Waals surface area contributed by atoms with Crippen LogP contribution >= 0.6 is 0 Å². The highest BCUT2D eigenvalue weighted by molar-refractivity contribution is 7.89. The van der Waals surface area contributed by atoms with Gasteiger partial charge < -0.3 is 9.80 Å². The third kappa shape index (κ3) is 4.94. The molecule has 0 spiro atoms. The number of nitrogens with zero attached hydrogens (tertiary/aromatic N) is 2. The fourth-order valence-electron chi connectivity index (χ4n) is 2.94. The number of carbonyl (C=O) groups excluding carboxylic acids is 1. The van der Waals surface area contributed by atoms with E-state index in [2.05, 4.69) is 9.62 Å². The van der Waals surface area contributed by atoms with Crippen LogP contribution in [-0.4, -0.2) is 57.4 Å². The largest absolute Gasteiger partial charge is 0.336 e. The van der Waals surface area contributed by atoms with Crippen molar-refractivity contribution in [1.82, 2.24) is 14.5 Å². The van der Waals surface area contributed by atoms with Crippen molar-refractivity contribution in [2.24, 2.45) is 0 Å². The lowest BCUT2D eigenvalue weighted by molar-refractivity contribution is 0.0664. The molecule has 1 fully saturated rings. The first kappa shape index (κ1) is 19.5. The van der Waals surface area contributed by atoms with Gasteiger partial charge in [0.15, 0.2) is 0 Å². The molecule has 0 radical (unpaired) electrons. The molecule has 1 aliphatic heterocycles. The first-order valence-electron chi connectivity index (χ1n) is 8.98. The van der Waals surface area contributed by atoms with Crippen LogP contribution in [0.3, 0.4) is 0 Å². The molecule has 0 saturated carbocycles. The summed E-state index contributed by atoms with van der Waals surface area (Å²) in [5, 5.41) is 0. The minimum absolute atomic E-state index is 0.0559. The van der Waals surface area contributed by atoms with Crippen molar-refractivity contribution in [3.05, 3.63) is 65.2 Å². The van der Waals surface area contributed by atoms with Gasteiger partial charge >= 0.3 is 0 Å². The molecule has 2 aromatic rings. The molecular weight excluding hydrogens is 362 g/mol. The van der Waals surface area contributed by atoms with Crippen molar-refractivity contribution >= 4 is 15.9 Å². The summed E-state index contributed by atoms with van der Waals surface area (Å²) >= 11 is 0. The number of rotatable bonds is 5. The van der Waals surface area contributed by atoms with E-state index in [1.165, 1.54) is 12.1 Å². The number of hydrogen-bond acceptors (Lipinski definition) is 4. The Bertz CT molecular complexity index is 885. The van der Waals surface area contributed by atoms with Crippen LogP contribution in [-0.2, 0) is 16.6 Å². The lowest BCUT2D eigenvalue weighted by Gasteiger charge is -2.32. The van der Waals surface area contributed by atoms with Gasteiger partial charge in [-0.25, -0.2) is 13.1 Å². The summed E-state index contributed by atoms with van der Waals surface area (Å²) in [6, 6.07) is 13.8. The lowest BCUT2D eigenvalue weighted by atomic mass is 10.2. The van der Waals surface area contributed by atoms with Crippen LogP contribution in [0.1, 0.15) is 21.5 Å². The van der Waals surface area contributed by atoms with Crippen LogP contribution in [0.2, 0.25) is 0 Å². The van der Waals surface area contributed by atoms with Crippen molar-refractivity contribution in [2.75, 3.05) is 33.2 Å². The molecule has 144 valence electrons. The van der Waals surface area contributed by atoms with Gasteiger partial charge in [-0.05, 0) is 43.8 Å². The number of sulfonamides is 1. The maximum Gasteiger partial charge on any atom is 0.253 e. The molecule has 1 heterocycles. The zero-order chi connectivity index (χ0) is 19.4. The number of piperazine rings is 1. The zero-order valence-electron chi connectivity index (χ0n) is 15.7. The second-order valence-electron chi connectivity index (χ2n) is 6.93. The number of benzene rings is 2. The number of aryl methyl sites for hydroxylation is 1. The summed E-state index contributed by atoms with van der Waals surface area (Å²) in [4.78, 5) is 16.7. The SMILES string of the molecule is Cc1ccc(CNS(=O)(=O)c2ccc(C(=O)N3CCN(C)CC3)cc2)cc1. The summed E-state index contributed by atoms with van der Waals surface area (Å²) in [7, 11) is -1.59. The molecule has 0 aromatic heterocycles. The summed E-state index contributed by atoms with van der Waals surface area (Å²) in [6.07, 6.45) is 0. The fourth-order valence-corrected chi connectivity index (χ4v) is 3.95. The second-order valence-corrected chi connectivity index (χ2v) is 8.70. The number of nitrogens with one attached hydrogen (secondary N) is 1. The Kier molecular flexibility index (Phi) is 5.94. The van der Waals surface area contributed by atoms with Crippen molar-refractivity contribution in [2.45, 2.75) is 18.4 Å². The minimum Gasteiger partial charge on any atom is -0.336 e. The third-order valence-corrected chi connectivity index (χ3v) is 6.21. The van der Waals surface area contributed by atoms with E-state index in [9.17, 15) is 13.2 Å². The molecule has 0 bridgehead atoms. The van der Waals surface area contributed by atoms with E-state index in [0.29, 0.717) is 18.7 Å². The van der Waals surface area contributed by atoms with Gasteiger partial charge in [-0.15, -0.1) is 0 Å².